The summed E-state index contributed by atoms with van der Waals surface area (Å²) in [6.07, 6.45) is 0.596. The van der Waals surface area contributed by atoms with Gasteiger partial charge in [0.15, 0.2) is 12.1 Å². The lowest BCUT2D eigenvalue weighted by Gasteiger charge is -2.48. The van der Waals surface area contributed by atoms with E-state index in [9.17, 15) is 5.11 Å². The Labute approximate surface area is 278 Å². The highest BCUT2D eigenvalue weighted by Gasteiger charge is 2.51. The molecule has 0 bridgehead atoms. The first-order valence-corrected chi connectivity index (χ1v) is 16.8. The molecule has 1 N–H and O–H groups in total. The number of aliphatic hydroxyl groups is 1. The van der Waals surface area contributed by atoms with Gasteiger partial charge in [-0.2, -0.15) is 0 Å². The monoisotopic (exact) mass is 638 g/mol. The minimum atomic E-state index is -1.31. The van der Waals surface area contributed by atoms with Gasteiger partial charge in [-0.25, -0.2) is 0 Å². The minimum Gasteiger partial charge on any atom is -0.374 e. The predicted molar refractivity (Wildman–Crippen MR) is 179 cm³/mol. The molecule has 1 saturated heterocycles. The van der Waals surface area contributed by atoms with Crippen molar-refractivity contribution in [3.63, 3.8) is 0 Å². The molecule has 2 fully saturated rings. The molecule has 2 aliphatic rings. The first-order valence-electron chi connectivity index (χ1n) is 16.8. The third-order valence-electron chi connectivity index (χ3n) is 8.81. The van der Waals surface area contributed by atoms with Crippen molar-refractivity contribution in [2.24, 2.45) is 0 Å². The van der Waals surface area contributed by atoms with Crippen molar-refractivity contribution in [3.05, 3.63) is 144 Å². The van der Waals surface area contributed by atoms with Gasteiger partial charge < -0.3 is 33.5 Å². The molecular formula is C40H46O7. The molecule has 7 heteroatoms. The predicted octanol–water partition coefficient (Wildman–Crippen LogP) is 7.35. The Kier molecular flexibility index (Phi) is 12.2. The van der Waals surface area contributed by atoms with Crippen molar-refractivity contribution in [1.82, 2.24) is 0 Å². The van der Waals surface area contributed by atoms with E-state index in [0.717, 1.165) is 41.5 Å². The Hall–Kier alpha value is -3.40. The summed E-state index contributed by atoms with van der Waals surface area (Å²) < 4.78 is 39.7. The molecule has 1 aliphatic carbocycles. The van der Waals surface area contributed by atoms with Crippen LogP contribution in [-0.4, -0.2) is 48.2 Å². The Morgan fingerprint density at radius 2 is 0.957 bits per heavy atom. The van der Waals surface area contributed by atoms with Crippen molar-refractivity contribution in [3.8, 4) is 0 Å². The summed E-state index contributed by atoms with van der Waals surface area (Å²) >= 11 is 0. The second kappa shape index (κ2) is 17.1. The van der Waals surface area contributed by atoms with Crippen LogP contribution in [0.1, 0.15) is 54.4 Å². The normalized spacial score (nSPS) is 24.1. The third-order valence-corrected chi connectivity index (χ3v) is 8.81. The van der Waals surface area contributed by atoms with Crippen LogP contribution in [0.2, 0.25) is 0 Å². The van der Waals surface area contributed by atoms with E-state index < -0.39 is 36.5 Å². The lowest BCUT2D eigenvalue weighted by Crippen LogP contribution is -2.63. The van der Waals surface area contributed by atoms with Gasteiger partial charge in [-0.3, -0.25) is 0 Å². The van der Waals surface area contributed by atoms with Crippen molar-refractivity contribution >= 4 is 0 Å². The van der Waals surface area contributed by atoms with Gasteiger partial charge in [-0.15, -0.1) is 0 Å². The summed E-state index contributed by atoms with van der Waals surface area (Å²) in [4.78, 5) is 0. The van der Waals surface area contributed by atoms with Crippen LogP contribution < -0.4 is 0 Å². The van der Waals surface area contributed by atoms with E-state index in [4.69, 9.17) is 28.4 Å². The molecule has 1 heterocycles. The lowest BCUT2D eigenvalue weighted by molar-refractivity contribution is -0.380. The van der Waals surface area contributed by atoms with Crippen molar-refractivity contribution < 1.29 is 33.5 Å². The number of ether oxygens (including phenoxy) is 6. The third kappa shape index (κ3) is 9.81. The Bertz CT molecular complexity index is 1430. The van der Waals surface area contributed by atoms with Crippen molar-refractivity contribution in [2.75, 3.05) is 6.61 Å². The fraction of sp³-hybridized carbons (Fsp3) is 0.400. The van der Waals surface area contributed by atoms with E-state index in [0.29, 0.717) is 39.3 Å². The van der Waals surface area contributed by atoms with E-state index in [1.165, 1.54) is 0 Å². The van der Waals surface area contributed by atoms with Crippen molar-refractivity contribution in [2.45, 2.75) is 95.0 Å². The van der Waals surface area contributed by atoms with Gasteiger partial charge in [0.05, 0.1) is 33.0 Å². The van der Waals surface area contributed by atoms with Gasteiger partial charge in [0.1, 0.15) is 24.4 Å². The quantitative estimate of drug-likeness (QED) is 0.137. The van der Waals surface area contributed by atoms with Gasteiger partial charge in [0.2, 0.25) is 0 Å². The van der Waals surface area contributed by atoms with Gasteiger partial charge >= 0.3 is 0 Å². The Morgan fingerprint density at radius 1 is 0.532 bits per heavy atom. The fourth-order valence-corrected chi connectivity index (χ4v) is 6.28. The zero-order valence-electron chi connectivity index (χ0n) is 26.9. The summed E-state index contributed by atoms with van der Waals surface area (Å²) in [5, 5.41) is 11.6. The molecule has 4 aromatic rings. The zero-order valence-corrected chi connectivity index (χ0v) is 26.9. The van der Waals surface area contributed by atoms with Gasteiger partial charge in [-0.1, -0.05) is 128 Å². The molecule has 248 valence electrons. The van der Waals surface area contributed by atoms with Crippen LogP contribution in [0.4, 0.5) is 0 Å². The molecule has 0 amide bonds. The van der Waals surface area contributed by atoms with Crippen LogP contribution >= 0.6 is 0 Å². The standard InChI is InChI=1S/C40H46O7/c41-40(24-14-5-15-25-40)47-39-38(45-29-34-22-12-4-13-23-34)37(44-28-33-20-10-3-11-21-33)36(43-27-32-18-8-2-9-19-32)35(46-39)30-42-26-31-16-6-1-7-17-31/h1-4,6-13,16-23,35-39,41H,5,14-15,24-30H2/t35-,36+,37+,38-,39+/m1/s1. The number of rotatable bonds is 15. The Morgan fingerprint density at radius 3 is 1.45 bits per heavy atom. The molecule has 0 spiro atoms. The molecule has 4 aromatic carbocycles. The molecule has 7 nitrogen and oxygen atoms in total. The molecular weight excluding hydrogens is 592 g/mol. The second-order valence-corrected chi connectivity index (χ2v) is 12.5. The smallest absolute Gasteiger partial charge is 0.190 e. The molecule has 1 saturated carbocycles. The summed E-state index contributed by atoms with van der Waals surface area (Å²) in [5.74, 6) is -1.31. The fourth-order valence-electron chi connectivity index (χ4n) is 6.28. The summed E-state index contributed by atoms with van der Waals surface area (Å²) in [7, 11) is 0. The van der Waals surface area contributed by atoms with Crippen LogP contribution in [0.25, 0.3) is 0 Å². The highest BCUT2D eigenvalue weighted by Crippen LogP contribution is 2.37. The van der Waals surface area contributed by atoms with Crippen LogP contribution in [0.5, 0.6) is 0 Å². The molecule has 0 radical (unpaired) electrons. The summed E-state index contributed by atoms with van der Waals surface area (Å²) in [6, 6.07) is 40.2. The zero-order chi connectivity index (χ0) is 32.2. The Balaban J connectivity index is 1.31. The van der Waals surface area contributed by atoms with Crippen LogP contribution in [0.3, 0.4) is 0 Å². The summed E-state index contributed by atoms with van der Waals surface area (Å²) in [5.41, 5.74) is 4.15. The van der Waals surface area contributed by atoms with Crippen LogP contribution in [0.15, 0.2) is 121 Å². The largest absolute Gasteiger partial charge is 0.374 e. The number of benzene rings is 4. The van der Waals surface area contributed by atoms with Crippen LogP contribution in [0, 0.1) is 0 Å². The molecule has 0 unspecified atom stereocenters. The van der Waals surface area contributed by atoms with Crippen LogP contribution in [-0.2, 0) is 54.8 Å². The average Bonchev–Trinajstić information content (AvgIpc) is 3.12. The van der Waals surface area contributed by atoms with E-state index in [2.05, 4.69) is 0 Å². The molecule has 5 atom stereocenters. The maximum absolute atomic E-state index is 11.6. The summed E-state index contributed by atoms with van der Waals surface area (Å²) in [6.45, 7) is 1.68. The average molecular weight is 639 g/mol. The second-order valence-electron chi connectivity index (χ2n) is 12.5. The van der Waals surface area contributed by atoms with E-state index in [1.54, 1.807) is 0 Å². The molecule has 47 heavy (non-hydrogen) atoms. The molecule has 1 aliphatic heterocycles. The highest BCUT2D eigenvalue weighted by atomic mass is 16.8. The maximum Gasteiger partial charge on any atom is 0.190 e. The lowest BCUT2D eigenvalue weighted by atomic mass is 9.93. The van der Waals surface area contributed by atoms with Crippen molar-refractivity contribution in [1.29, 1.82) is 0 Å². The minimum absolute atomic E-state index is 0.239. The topological polar surface area (TPSA) is 75.6 Å². The maximum atomic E-state index is 11.6. The SMILES string of the molecule is OC1(O[C@@H]2O[C@H](COCc3ccccc3)[C@H](OCc3ccccc3)[C@H](OCc3ccccc3)[C@H]2OCc2ccccc2)CCCCC1. The number of hydrogen-bond acceptors (Lipinski definition) is 7. The first kappa shape index (κ1) is 33.5. The van der Waals surface area contributed by atoms with Gasteiger partial charge in [0, 0.05) is 12.8 Å². The van der Waals surface area contributed by atoms with Gasteiger partial charge in [-0.05, 0) is 35.1 Å². The van der Waals surface area contributed by atoms with Gasteiger partial charge in [0.25, 0.3) is 0 Å². The molecule has 6 rings (SSSR count). The van der Waals surface area contributed by atoms with E-state index >= 15 is 0 Å². The number of hydrogen-bond donors (Lipinski definition) is 1. The molecule has 0 aromatic heterocycles. The van der Waals surface area contributed by atoms with E-state index in [-0.39, 0.29) is 6.61 Å². The van der Waals surface area contributed by atoms with E-state index in [1.807, 2.05) is 121 Å². The first-order chi connectivity index (χ1) is 23.2. The highest BCUT2D eigenvalue weighted by molar-refractivity contribution is 5.16.